The number of halogens is 1. The summed E-state index contributed by atoms with van der Waals surface area (Å²) in [6.07, 6.45) is 2.50. The minimum absolute atomic E-state index is 0.310. The van der Waals surface area contributed by atoms with Gasteiger partial charge in [0, 0.05) is 16.0 Å². The molecule has 1 aliphatic carbocycles. The number of hydrogen-bond acceptors (Lipinski definition) is 2. The summed E-state index contributed by atoms with van der Waals surface area (Å²) in [6, 6.07) is 27.6. The Kier molecular flexibility index (Phi) is 4.78. The molecule has 0 radical (unpaired) electrons. The molecule has 0 saturated heterocycles. The monoisotopic (exact) mass is 448 g/mol. The summed E-state index contributed by atoms with van der Waals surface area (Å²) in [5, 5.41) is 6.97. The van der Waals surface area contributed by atoms with Crippen LogP contribution in [0.25, 0.3) is 32.3 Å². The Morgan fingerprint density at radius 2 is 1.39 bits per heavy atom. The van der Waals surface area contributed by atoms with Gasteiger partial charge in [0.2, 0.25) is 11.6 Å². The molecule has 0 fully saturated rings. The van der Waals surface area contributed by atoms with Crippen LogP contribution in [0.4, 0.5) is 0 Å². The smallest absolute Gasteiger partial charge is 0.229 e. The van der Waals surface area contributed by atoms with Gasteiger partial charge >= 0.3 is 0 Å². The second-order valence-electron chi connectivity index (χ2n) is 8.79. The van der Waals surface area contributed by atoms with Crippen LogP contribution in [0.2, 0.25) is 5.02 Å². The third-order valence-electron chi connectivity index (χ3n) is 7.02. The van der Waals surface area contributed by atoms with Crippen molar-refractivity contribution in [1.29, 1.82) is 0 Å². The molecule has 1 atom stereocenters. The van der Waals surface area contributed by atoms with Crippen molar-refractivity contribution in [2.75, 3.05) is 0 Å². The number of aryl methyl sites for hydroxylation is 1. The molecule has 0 amide bonds. The first kappa shape index (κ1) is 20.1. The van der Waals surface area contributed by atoms with Gasteiger partial charge in [0.25, 0.3) is 0 Å². The van der Waals surface area contributed by atoms with Crippen molar-refractivity contribution in [2.45, 2.75) is 25.2 Å². The van der Waals surface area contributed by atoms with Crippen LogP contribution in [-0.2, 0) is 11.2 Å². The number of carbonyl (C=O) groups excluding carboxylic acids is 2. The van der Waals surface area contributed by atoms with Crippen LogP contribution in [0.3, 0.4) is 0 Å². The predicted octanol–water partition coefficient (Wildman–Crippen LogP) is 7.67. The van der Waals surface area contributed by atoms with Gasteiger partial charge in [0.15, 0.2) is 0 Å². The molecular formula is C30H21ClO2. The number of fused-ring (bicyclic) bond motifs is 6. The molecule has 0 aromatic heterocycles. The Bertz CT molecular complexity index is 1590. The lowest BCUT2D eigenvalue weighted by Gasteiger charge is -2.26. The summed E-state index contributed by atoms with van der Waals surface area (Å²) in [4.78, 5) is 26.9. The molecule has 0 saturated carbocycles. The molecule has 33 heavy (non-hydrogen) atoms. The Labute approximate surface area is 196 Å². The Morgan fingerprint density at radius 1 is 0.697 bits per heavy atom. The zero-order chi connectivity index (χ0) is 22.5. The fourth-order valence-corrected chi connectivity index (χ4v) is 5.68. The van der Waals surface area contributed by atoms with E-state index in [0.29, 0.717) is 12.0 Å². The van der Waals surface area contributed by atoms with Gasteiger partial charge in [-0.25, -0.2) is 0 Å². The first-order valence-electron chi connectivity index (χ1n) is 11.3. The summed E-state index contributed by atoms with van der Waals surface area (Å²) in [5.74, 6) is -1.11. The third kappa shape index (κ3) is 3.17. The zero-order valence-corrected chi connectivity index (χ0v) is 18.7. The summed E-state index contributed by atoms with van der Waals surface area (Å²) in [6.45, 7) is 0. The van der Waals surface area contributed by atoms with Crippen LogP contribution in [0, 0.1) is 0 Å². The lowest BCUT2D eigenvalue weighted by atomic mass is 9.76. The number of carbonyl (C=O) groups is 2. The van der Waals surface area contributed by atoms with E-state index in [2.05, 4.69) is 30.3 Å². The van der Waals surface area contributed by atoms with E-state index in [9.17, 15) is 9.59 Å². The van der Waals surface area contributed by atoms with E-state index in [1.807, 2.05) is 48.5 Å². The highest BCUT2D eigenvalue weighted by Crippen LogP contribution is 2.40. The number of rotatable bonds is 3. The molecule has 160 valence electrons. The second kappa shape index (κ2) is 7.83. The van der Waals surface area contributed by atoms with Gasteiger partial charge in [-0.3, -0.25) is 9.59 Å². The molecule has 0 heterocycles. The van der Waals surface area contributed by atoms with Gasteiger partial charge in [-0.2, -0.15) is 0 Å². The first-order valence-corrected chi connectivity index (χ1v) is 11.7. The Balaban J connectivity index is 1.46. The molecule has 0 bridgehead atoms. The van der Waals surface area contributed by atoms with Crippen LogP contribution in [0.15, 0.2) is 84.9 Å². The van der Waals surface area contributed by atoms with E-state index in [0.717, 1.165) is 55.7 Å². The zero-order valence-electron chi connectivity index (χ0n) is 18.0. The average Bonchev–Trinajstić information content (AvgIpc) is 2.87. The van der Waals surface area contributed by atoms with Gasteiger partial charge < -0.3 is 0 Å². The minimum atomic E-state index is -0.403. The Morgan fingerprint density at radius 3 is 2.30 bits per heavy atom. The maximum Gasteiger partial charge on any atom is 0.229 e. The summed E-state index contributed by atoms with van der Waals surface area (Å²) < 4.78 is 0. The molecule has 5 aromatic carbocycles. The van der Waals surface area contributed by atoms with Gasteiger partial charge in [-0.05, 0) is 63.4 Å². The van der Waals surface area contributed by atoms with Crippen molar-refractivity contribution in [3.05, 3.63) is 107 Å². The number of ketones is 2. The lowest BCUT2D eigenvalue weighted by Crippen LogP contribution is -2.26. The molecule has 2 nitrogen and oxygen atoms in total. The van der Waals surface area contributed by atoms with Crippen LogP contribution >= 0.6 is 11.6 Å². The number of hydrogen-bond donors (Lipinski definition) is 0. The molecule has 0 N–H and O–H groups in total. The summed E-state index contributed by atoms with van der Waals surface area (Å²) in [5.41, 5.74) is 2.67. The van der Waals surface area contributed by atoms with Crippen molar-refractivity contribution < 1.29 is 9.59 Å². The van der Waals surface area contributed by atoms with Crippen LogP contribution in [0.5, 0.6) is 0 Å². The molecule has 6 rings (SSSR count). The normalized spacial score (nSPS) is 15.6. The average molecular weight is 449 g/mol. The summed E-state index contributed by atoms with van der Waals surface area (Å²) in [7, 11) is 0. The van der Waals surface area contributed by atoms with Crippen LogP contribution < -0.4 is 0 Å². The SMILES string of the molecule is O=C(C(=O)C1CCCc2c1ccc1c2ccc2c(Cl)cccc21)c1cccc2ccccc12. The van der Waals surface area contributed by atoms with Crippen molar-refractivity contribution in [2.24, 2.45) is 0 Å². The van der Waals surface area contributed by atoms with E-state index in [-0.39, 0.29) is 5.78 Å². The van der Waals surface area contributed by atoms with Gasteiger partial charge in [0.05, 0.1) is 5.92 Å². The van der Waals surface area contributed by atoms with Gasteiger partial charge in [0.1, 0.15) is 0 Å². The lowest BCUT2D eigenvalue weighted by molar-refractivity contribution is -0.116. The molecule has 0 spiro atoms. The molecule has 0 aliphatic heterocycles. The van der Waals surface area contributed by atoms with Gasteiger partial charge in [-0.1, -0.05) is 90.5 Å². The maximum atomic E-state index is 13.5. The fraction of sp³-hybridized carbons (Fsp3) is 0.133. The Hall–Kier alpha value is -3.49. The first-order chi connectivity index (χ1) is 16.1. The van der Waals surface area contributed by atoms with Gasteiger partial charge in [-0.15, -0.1) is 0 Å². The quantitative estimate of drug-likeness (QED) is 0.161. The second-order valence-corrected chi connectivity index (χ2v) is 9.20. The molecule has 1 aliphatic rings. The highest BCUT2D eigenvalue weighted by molar-refractivity contribution is 6.47. The predicted molar refractivity (Wildman–Crippen MR) is 135 cm³/mol. The van der Waals surface area contributed by atoms with E-state index >= 15 is 0 Å². The van der Waals surface area contributed by atoms with E-state index < -0.39 is 11.7 Å². The third-order valence-corrected chi connectivity index (χ3v) is 7.35. The highest BCUT2D eigenvalue weighted by Gasteiger charge is 2.32. The van der Waals surface area contributed by atoms with E-state index in [4.69, 9.17) is 11.6 Å². The van der Waals surface area contributed by atoms with Crippen molar-refractivity contribution in [3.63, 3.8) is 0 Å². The summed E-state index contributed by atoms with van der Waals surface area (Å²) >= 11 is 6.42. The molecule has 1 unspecified atom stereocenters. The van der Waals surface area contributed by atoms with Crippen LogP contribution in [0.1, 0.15) is 40.2 Å². The highest BCUT2D eigenvalue weighted by atomic mass is 35.5. The van der Waals surface area contributed by atoms with Crippen molar-refractivity contribution in [1.82, 2.24) is 0 Å². The van der Waals surface area contributed by atoms with Crippen molar-refractivity contribution >= 4 is 55.5 Å². The molecule has 5 aromatic rings. The molecule has 3 heteroatoms. The fourth-order valence-electron chi connectivity index (χ4n) is 5.45. The van der Waals surface area contributed by atoms with E-state index in [1.54, 1.807) is 6.07 Å². The standard InChI is InChI=1S/C30H21ClO2/c31-28-13-5-10-21-23-14-15-24-20(22(23)16-17-25(21)28)9-4-12-27(24)30(33)29(32)26-11-3-7-18-6-1-2-8-19(18)26/h1-3,5-8,10-11,13-17,27H,4,9,12H2. The number of benzene rings is 5. The maximum absolute atomic E-state index is 13.5. The van der Waals surface area contributed by atoms with Crippen LogP contribution in [-0.4, -0.2) is 11.6 Å². The molecular weight excluding hydrogens is 428 g/mol. The minimum Gasteiger partial charge on any atom is -0.290 e. The topological polar surface area (TPSA) is 34.1 Å². The van der Waals surface area contributed by atoms with Crippen molar-refractivity contribution in [3.8, 4) is 0 Å². The largest absolute Gasteiger partial charge is 0.290 e. The number of Topliss-reactive ketones (excluding diaryl/α,β-unsaturated/α-hetero) is 2. The van der Waals surface area contributed by atoms with E-state index in [1.165, 1.54) is 5.56 Å².